The lowest BCUT2D eigenvalue weighted by Gasteiger charge is -1.72. The smallest absolute Gasteiger partial charge is 0.175 e. The Balaban J connectivity index is 3.59. The van der Waals surface area contributed by atoms with Gasteiger partial charge in [0.1, 0.15) is 6.72 Å². The molecule has 0 radical (unpaired) electrons. The van der Waals surface area contributed by atoms with Crippen molar-refractivity contribution in [3.05, 3.63) is 36.5 Å². The summed E-state index contributed by atoms with van der Waals surface area (Å²) < 4.78 is 1.72. The molecule has 0 aromatic carbocycles. The summed E-state index contributed by atoms with van der Waals surface area (Å²) in [6.07, 6.45) is 1.86. The Morgan fingerprint density at radius 3 is 2.50 bits per heavy atom. The van der Waals surface area contributed by atoms with E-state index in [1.54, 1.807) is 4.24 Å². The zero-order valence-electron chi connectivity index (χ0n) is 4.67. The van der Waals surface area contributed by atoms with Crippen LogP contribution in [-0.4, -0.2) is 0 Å². The van der Waals surface area contributed by atoms with Gasteiger partial charge in [-0.25, -0.2) is 0 Å². The number of hydrogen-bond donors (Lipinski definition) is 0. The standard InChI is InChI=1S/C7H8N/c1-7-5-3-4-6-8(7)2/h3-6H,1-2H2/q+1. The lowest BCUT2D eigenvalue weighted by Crippen LogP contribution is -2.32. The molecule has 0 spiro atoms. The summed E-state index contributed by atoms with van der Waals surface area (Å²) in [5.74, 6) is 0. The molecule has 8 heavy (non-hydrogen) atoms. The molecule has 0 amide bonds. The van der Waals surface area contributed by atoms with Crippen LogP contribution >= 0.6 is 0 Å². The second-order valence-electron chi connectivity index (χ2n) is 1.66. The minimum atomic E-state index is 0.924. The molecule has 1 rings (SSSR count). The van der Waals surface area contributed by atoms with Crippen molar-refractivity contribution in [2.45, 2.75) is 0 Å². The van der Waals surface area contributed by atoms with Crippen LogP contribution in [0.1, 0.15) is 0 Å². The summed E-state index contributed by atoms with van der Waals surface area (Å²) in [7, 11) is 0. The fraction of sp³-hybridized carbons (Fsp3) is 0. The van der Waals surface area contributed by atoms with Crippen LogP contribution < -0.4 is 9.59 Å². The summed E-state index contributed by atoms with van der Waals surface area (Å²) >= 11 is 0. The van der Waals surface area contributed by atoms with Crippen LogP contribution in [0.3, 0.4) is 0 Å². The van der Waals surface area contributed by atoms with E-state index in [1.807, 2.05) is 24.4 Å². The molecule has 40 valence electrons. The quantitative estimate of drug-likeness (QED) is 0.411. The Morgan fingerprint density at radius 1 is 1.38 bits per heavy atom. The van der Waals surface area contributed by atoms with Gasteiger partial charge in [0.15, 0.2) is 6.20 Å². The zero-order valence-corrected chi connectivity index (χ0v) is 4.67. The fourth-order valence-electron chi connectivity index (χ4n) is 0.512. The molecule has 0 N–H and O–H groups in total. The molecule has 0 unspecified atom stereocenters. The van der Waals surface area contributed by atoms with Crippen LogP contribution in [0, 0.1) is 6.72 Å². The van der Waals surface area contributed by atoms with Crippen LogP contribution in [0.5, 0.6) is 0 Å². The number of aromatic nitrogens is 1. The first-order valence-corrected chi connectivity index (χ1v) is 2.44. The minimum absolute atomic E-state index is 0.924. The van der Waals surface area contributed by atoms with Gasteiger partial charge in [-0.2, -0.15) is 4.24 Å². The van der Waals surface area contributed by atoms with Gasteiger partial charge in [-0.15, -0.1) is 0 Å². The van der Waals surface area contributed by atoms with Crippen LogP contribution in [0.25, 0.3) is 6.58 Å². The molecule has 0 aliphatic heterocycles. The summed E-state index contributed by atoms with van der Waals surface area (Å²) in [5, 5.41) is 0.924. The Kier molecular flexibility index (Phi) is 1.12. The number of rotatable bonds is 0. The summed E-state index contributed by atoms with van der Waals surface area (Å²) in [5.41, 5.74) is 0. The number of hydrogen-bond acceptors (Lipinski definition) is 0. The van der Waals surface area contributed by atoms with Gasteiger partial charge in [-0.3, -0.25) is 0 Å². The average molecular weight is 106 g/mol. The van der Waals surface area contributed by atoms with Crippen LogP contribution in [-0.2, 0) is 0 Å². The van der Waals surface area contributed by atoms with Crippen molar-refractivity contribution in [2.75, 3.05) is 0 Å². The van der Waals surface area contributed by atoms with Crippen molar-refractivity contribution >= 4 is 6.58 Å². The molecule has 1 aromatic rings. The van der Waals surface area contributed by atoms with E-state index in [0.717, 1.165) is 5.35 Å². The van der Waals surface area contributed by atoms with E-state index < -0.39 is 0 Å². The van der Waals surface area contributed by atoms with Gasteiger partial charge in [-0.05, 0) is 12.6 Å². The van der Waals surface area contributed by atoms with E-state index in [-0.39, 0.29) is 0 Å². The second kappa shape index (κ2) is 1.78. The number of nitrogens with zero attached hydrogens (tertiary/aromatic N) is 1. The first-order valence-electron chi connectivity index (χ1n) is 2.44. The van der Waals surface area contributed by atoms with E-state index in [0.29, 0.717) is 0 Å². The molecule has 1 nitrogen and oxygen atoms in total. The monoisotopic (exact) mass is 106 g/mol. The third-order valence-electron chi connectivity index (χ3n) is 1.03. The van der Waals surface area contributed by atoms with Gasteiger partial charge >= 0.3 is 0 Å². The summed E-state index contributed by atoms with van der Waals surface area (Å²) in [6.45, 7) is 7.39. The Hall–Kier alpha value is -1.11. The van der Waals surface area contributed by atoms with Gasteiger partial charge in [0.25, 0.3) is 0 Å². The lowest BCUT2D eigenvalue weighted by atomic mass is 10.5. The topological polar surface area (TPSA) is 5.90 Å². The number of pyridine rings is 1. The molecule has 0 bridgehead atoms. The lowest BCUT2D eigenvalue weighted by molar-refractivity contribution is -0.513. The van der Waals surface area contributed by atoms with Crippen LogP contribution in [0.15, 0.2) is 24.4 Å². The molecular weight excluding hydrogens is 98.1 g/mol. The molecule has 1 aromatic heterocycles. The predicted molar refractivity (Wildman–Crippen MR) is 32.5 cm³/mol. The van der Waals surface area contributed by atoms with E-state index in [9.17, 15) is 0 Å². The van der Waals surface area contributed by atoms with E-state index in [1.165, 1.54) is 0 Å². The van der Waals surface area contributed by atoms with E-state index in [2.05, 4.69) is 13.3 Å². The van der Waals surface area contributed by atoms with Crippen molar-refractivity contribution in [3.8, 4) is 0 Å². The van der Waals surface area contributed by atoms with Crippen LogP contribution in [0.4, 0.5) is 0 Å². The summed E-state index contributed by atoms with van der Waals surface area (Å²) in [6, 6.07) is 5.76. The highest BCUT2D eigenvalue weighted by Gasteiger charge is 1.79. The maximum absolute atomic E-state index is 3.72. The van der Waals surface area contributed by atoms with Gasteiger partial charge in [0, 0.05) is 12.1 Å². The van der Waals surface area contributed by atoms with Crippen molar-refractivity contribution in [2.24, 2.45) is 0 Å². The van der Waals surface area contributed by atoms with Crippen molar-refractivity contribution in [1.29, 1.82) is 0 Å². The van der Waals surface area contributed by atoms with E-state index >= 15 is 0 Å². The Morgan fingerprint density at radius 2 is 2.12 bits per heavy atom. The van der Waals surface area contributed by atoms with Gasteiger partial charge in [0.2, 0.25) is 5.35 Å². The fourth-order valence-corrected chi connectivity index (χ4v) is 0.512. The predicted octanol–water partition coefficient (Wildman–Crippen LogP) is 0.0241. The molecular formula is C7H8N+. The molecule has 0 aliphatic rings. The van der Waals surface area contributed by atoms with Gasteiger partial charge in [-0.1, -0.05) is 0 Å². The second-order valence-corrected chi connectivity index (χ2v) is 1.66. The van der Waals surface area contributed by atoms with Crippen LogP contribution in [0.2, 0.25) is 0 Å². The van der Waals surface area contributed by atoms with E-state index in [4.69, 9.17) is 0 Å². The molecule has 0 saturated heterocycles. The molecule has 1 heterocycles. The Bertz CT molecular complexity index is 235. The highest BCUT2D eigenvalue weighted by atomic mass is 14.8. The van der Waals surface area contributed by atoms with Crippen molar-refractivity contribution in [1.82, 2.24) is 0 Å². The third kappa shape index (κ3) is 0.757. The first-order chi connectivity index (χ1) is 3.80. The van der Waals surface area contributed by atoms with Gasteiger partial charge < -0.3 is 0 Å². The maximum atomic E-state index is 3.72. The average Bonchev–Trinajstić information content (AvgIpc) is 1.77. The Labute approximate surface area is 48.2 Å². The minimum Gasteiger partial charge on any atom is -0.175 e. The highest BCUT2D eigenvalue weighted by molar-refractivity contribution is 4.93. The highest BCUT2D eigenvalue weighted by Crippen LogP contribution is 1.64. The third-order valence-corrected chi connectivity index (χ3v) is 1.03. The molecule has 0 fully saturated rings. The van der Waals surface area contributed by atoms with Crippen molar-refractivity contribution < 1.29 is 4.24 Å². The maximum Gasteiger partial charge on any atom is 0.202 e. The largest absolute Gasteiger partial charge is 0.202 e. The first kappa shape index (κ1) is 5.04. The summed E-state index contributed by atoms with van der Waals surface area (Å²) in [4.78, 5) is 0. The molecule has 0 saturated carbocycles. The van der Waals surface area contributed by atoms with Crippen molar-refractivity contribution in [3.63, 3.8) is 0 Å². The molecule has 0 aliphatic carbocycles. The zero-order chi connectivity index (χ0) is 5.98. The van der Waals surface area contributed by atoms with Gasteiger partial charge in [0.05, 0.1) is 0 Å². The normalized spacial score (nSPS) is 9.00. The molecule has 1 heteroatoms. The molecule has 0 atom stereocenters. The SMILES string of the molecule is C=c1cccc[n+]1=C.